The summed E-state index contributed by atoms with van der Waals surface area (Å²) < 4.78 is 13.1. The van der Waals surface area contributed by atoms with E-state index in [1.807, 2.05) is 6.07 Å². The molecule has 0 amide bonds. The highest BCUT2D eigenvalue weighted by Crippen LogP contribution is 2.30. The van der Waals surface area contributed by atoms with E-state index < -0.39 is 0 Å². The lowest BCUT2D eigenvalue weighted by Gasteiger charge is -2.21. The normalized spacial score (nSPS) is 19.0. The van der Waals surface area contributed by atoms with Gasteiger partial charge in [0.15, 0.2) is 11.8 Å². The molecule has 1 aromatic heterocycles. The van der Waals surface area contributed by atoms with Crippen LogP contribution in [-0.4, -0.2) is 61.1 Å². The number of anilines is 1. The molecule has 4 rings (SSSR count). The Morgan fingerprint density at radius 1 is 1.10 bits per heavy atom. The fourth-order valence-corrected chi connectivity index (χ4v) is 4.31. The molecule has 1 saturated heterocycles. The van der Waals surface area contributed by atoms with Crippen LogP contribution in [0.2, 0.25) is 0 Å². The molecule has 0 saturated carbocycles. The summed E-state index contributed by atoms with van der Waals surface area (Å²) in [5.74, 6) is 4.49. The number of aliphatic imine (C=N–C) groups is 1. The maximum atomic E-state index is 5.42. The van der Waals surface area contributed by atoms with Gasteiger partial charge >= 0.3 is 0 Å². The van der Waals surface area contributed by atoms with E-state index in [2.05, 4.69) is 47.4 Å². The summed E-state index contributed by atoms with van der Waals surface area (Å²) in [6.07, 6.45) is 5.70. The summed E-state index contributed by atoms with van der Waals surface area (Å²) in [4.78, 5) is 6.75. The first-order valence-corrected chi connectivity index (χ1v) is 11.1. The lowest BCUT2D eigenvalue weighted by atomic mass is 10.2. The zero-order valence-electron chi connectivity index (χ0n) is 18.7. The van der Waals surface area contributed by atoms with Gasteiger partial charge in [-0.25, -0.2) is 0 Å². The second-order valence-electron chi connectivity index (χ2n) is 8.07. The second kappa shape index (κ2) is 9.89. The van der Waals surface area contributed by atoms with Crippen LogP contribution in [0.15, 0.2) is 23.2 Å². The van der Waals surface area contributed by atoms with Crippen LogP contribution < -0.4 is 25.0 Å². The van der Waals surface area contributed by atoms with Crippen LogP contribution in [-0.2, 0) is 19.5 Å². The maximum absolute atomic E-state index is 5.42. The number of aryl methyl sites for hydroxylation is 1. The van der Waals surface area contributed by atoms with Crippen molar-refractivity contribution in [3.8, 4) is 11.5 Å². The van der Waals surface area contributed by atoms with Gasteiger partial charge in [0.2, 0.25) is 0 Å². The van der Waals surface area contributed by atoms with Gasteiger partial charge in [-0.3, -0.25) is 4.99 Å². The number of aromatic nitrogens is 3. The van der Waals surface area contributed by atoms with Gasteiger partial charge in [-0.2, -0.15) is 0 Å². The number of ether oxygens (including phenoxy) is 2. The monoisotopic (exact) mass is 427 g/mol. The molecule has 2 aliphatic rings. The zero-order chi connectivity index (χ0) is 21.6. The summed E-state index contributed by atoms with van der Waals surface area (Å²) in [7, 11) is 5.16. The third kappa shape index (κ3) is 5.03. The van der Waals surface area contributed by atoms with Crippen LogP contribution in [0.4, 0.5) is 5.69 Å². The van der Waals surface area contributed by atoms with E-state index in [1.54, 1.807) is 21.3 Å². The predicted octanol–water partition coefficient (Wildman–Crippen LogP) is 1.97. The number of nitrogens with zero attached hydrogens (tertiary/aromatic N) is 5. The van der Waals surface area contributed by atoms with Crippen LogP contribution in [0.3, 0.4) is 0 Å². The molecule has 1 atom stereocenters. The number of hydrogen-bond acceptors (Lipinski definition) is 6. The van der Waals surface area contributed by atoms with E-state index in [1.165, 1.54) is 19.3 Å². The van der Waals surface area contributed by atoms with Crippen molar-refractivity contribution in [2.45, 2.75) is 51.2 Å². The van der Waals surface area contributed by atoms with Crippen LogP contribution in [0.1, 0.15) is 37.3 Å². The number of nitrogens with one attached hydrogen (secondary N) is 2. The SMILES string of the molecule is CN=C(NCc1nnc2n1CCCCC2)NC1CCN(c2cc(OC)cc(OC)c2)C1. The topological polar surface area (TPSA) is 88.8 Å². The van der Waals surface area contributed by atoms with Crippen molar-refractivity contribution in [1.82, 2.24) is 25.4 Å². The first-order valence-electron chi connectivity index (χ1n) is 11.1. The molecule has 1 unspecified atom stereocenters. The molecule has 3 heterocycles. The fourth-order valence-electron chi connectivity index (χ4n) is 4.31. The van der Waals surface area contributed by atoms with Crippen LogP contribution in [0.5, 0.6) is 11.5 Å². The van der Waals surface area contributed by atoms with Crippen molar-refractivity contribution in [3.05, 3.63) is 29.8 Å². The minimum Gasteiger partial charge on any atom is -0.497 e. The van der Waals surface area contributed by atoms with Gasteiger partial charge in [-0.05, 0) is 19.3 Å². The van der Waals surface area contributed by atoms with Crippen LogP contribution in [0, 0.1) is 0 Å². The molecule has 1 aromatic carbocycles. The van der Waals surface area contributed by atoms with Crippen molar-refractivity contribution >= 4 is 11.6 Å². The molecule has 2 N–H and O–H groups in total. The summed E-state index contributed by atoms with van der Waals surface area (Å²) in [5, 5.41) is 15.8. The Kier molecular flexibility index (Phi) is 6.79. The Balaban J connectivity index is 1.34. The third-order valence-electron chi connectivity index (χ3n) is 6.05. The fraction of sp³-hybridized carbons (Fsp3) is 0.591. The summed E-state index contributed by atoms with van der Waals surface area (Å²) >= 11 is 0. The van der Waals surface area contributed by atoms with Gasteiger partial charge in [0, 0.05) is 63.0 Å². The molecule has 0 bridgehead atoms. The number of fused-ring (bicyclic) bond motifs is 1. The lowest BCUT2D eigenvalue weighted by molar-refractivity contribution is 0.394. The van der Waals surface area contributed by atoms with Gasteiger partial charge in [0.05, 0.1) is 20.8 Å². The van der Waals surface area contributed by atoms with Gasteiger partial charge in [0.25, 0.3) is 0 Å². The molecule has 0 spiro atoms. The molecule has 168 valence electrons. The minimum absolute atomic E-state index is 0.305. The first kappa shape index (κ1) is 21.3. The van der Waals surface area contributed by atoms with Crippen LogP contribution in [0.25, 0.3) is 0 Å². The van der Waals surface area contributed by atoms with E-state index in [0.29, 0.717) is 12.6 Å². The Bertz CT molecular complexity index is 889. The Morgan fingerprint density at radius 3 is 2.65 bits per heavy atom. The molecule has 9 nitrogen and oxygen atoms in total. The standard InChI is InChI=1S/C22H33N7O2/c1-23-22(24-14-21-27-26-20-7-5-4-6-9-29(20)21)25-16-8-10-28(15-16)17-11-18(30-2)13-19(12-17)31-3/h11-13,16H,4-10,14-15H2,1-3H3,(H2,23,24,25). The van der Waals surface area contributed by atoms with Crippen molar-refractivity contribution in [1.29, 1.82) is 0 Å². The molecule has 31 heavy (non-hydrogen) atoms. The average Bonchev–Trinajstić information content (AvgIpc) is 3.36. The van der Waals surface area contributed by atoms with Gasteiger partial charge < -0.3 is 29.6 Å². The maximum Gasteiger partial charge on any atom is 0.191 e. The number of guanidine groups is 1. The zero-order valence-corrected chi connectivity index (χ0v) is 18.7. The molecule has 2 aliphatic heterocycles. The van der Waals surface area contributed by atoms with Crippen molar-refractivity contribution < 1.29 is 9.47 Å². The summed E-state index contributed by atoms with van der Waals surface area (Å²) in [5.41, 5.74) is 1.11. The Hall–Kier alpha value is -2.97. The van der Waals surface area contributed by atoms with Crippen LogP contribution >= 0.6 is 0 Å². The highest BCUT2D eigenvalue weighted by atomic mass is 16.5. The predicted molar refractivity (Wildman–Crippen MR) is 121 cm³/mol. The highest BCUT2D eigenvalue weighted by molar-refractivity contribution is 5.80. The number of hydrogen-bond donors (Lipinski definition) is 2. The third-order valence-corrected chi connectivity index (χ3v) is 6.05. The first-order chi connectivity index (χ1) is 15.2. The van der Waals surface area contributed by atoms with Gasteiger partial charge in [-0.1, -0.05) is 6.42 Å². The van der Waals surface area contributed by atoms with Gasteiger partial charge in [-0.15, -0.1) is 10.2 Å². The largest absolute Gasteiger partial charge is 0.497 e. The second-order valence-corrected chi connectivity index (χ2v) is 8.07. The minimum atomic E-state index is 0.305. The van der Waals surface area contributed by atoms with Crippen molar-refractivity contribution in [2.24, 2.45) is 4.99 Å². The molecular formula is C22H33N7O2. The number of methoxy groups -OCH3 is 2. The molecule has 0 aliphatic carbocycles. The lowest BCUT2D eigenvalue weighted by Crippen LogP contribution is -2.44. The Morgan fingerprint density at radius 2 is 1.90 bits per heavy atom. The van der Waals surface area contributed by atoms with Gasteiger partial charge in [0.1, 0.15) is 17.3 Å². The molecule has 0 radical (unpaired) electrons. The number of benzene rings is 1. The van der Waals surface area contributed by atoms with E-state index in [4.69, 9.17) is 9.47 Å². The average molecular weight is 428 g/mol. The van der Waals surface area contributed by atoms with Crippen molar-refractivity contribution in [3.63, 3.8) is 0 Å². The Labute approximate surface area is 183 Å². The molecule has 1 fully saturated rings. The molecular weight excluding hydrogens is 394 g/mol. The van der Waals surface area contributed by atoms with E-state index in [0.717, 1.165) is 67.3 Å². The van der Waals surface area contributed by atoms with E-state index in [-0.39, 0.29) is 0 Å². The van der Waals surface area contributed by atoms with Crippen molar-refractivity contribution in [2.75, 3.05) is 39.3 Å². The molecule has 2 aromatic rings. The van der Waals surface area contributed by atoms with E-state index >= 15 is 0 Å². The quantitative estimate of drug-likeness (QED) is 0.538. The number of rotatable bonds is 6. The van der Waals surface area contributed by atoms with E-state index in [9.17, 15) is 0 Å². The molecule has 9 heteroatoms. The summed E-state index contributed by atoms with van der Waals surface area (Å²) in [6, 6.07) is 6.30. The highest BCUT2D eigenvalue weighted by Gasteiger charge is 2.24. The summed E-state index contributed by atoms with van der Waals surface area (Å²) in [6.45, 7) is 3.48. The smallest absolute Gasteiger partial charge is 0.191 e.